The lowest BCUT2D eigenvalue weighted by atomic mass is 10.1. The number of nitriles is 1. The molecule has 0 bridgehead atoms. The monoisotopic (exact) mass is 466 g/mol. The summed E-state index contributed by atoms with van der Waals surface area (Å²) in [5.41, 5.74) is 2.39. The third kappa shape index (κ3) is 4.08. The van der Waals surface area contributed by atoms with E-state index in [-0.39, 0.29) is 5.69 Å². The van der Waals surface area contributed by atoms with E-state index in [9.17, 15) is 15.4 Å². The molecule has 0 radical (unpaired) electrons. The molecule has 4 rings (SSSR count). The van der Waals surface area contributed by atoms with Crippen LogP contribution in [-0.2, 0) is 0 Å². The number of imidazole rings is 1. The average Bonchev–Trinajstić information content (AvgIpc) is 3.33. The predicted molar refractivity (Wildman–Crippen MR) is 114 cm³/mol. The Kier molecular flexibility index (Phi) is 5.20. The van der Waals surface area contributed by atoms with Gasteiger partial charge in [0, 0.05) is 28.2 Å². The first-order chi connectivity index (χ1) is 14.0. The fourth-order valence-electron chi connectivity index (χ4n) is 2.69. The second-order valence-corrected chi connectivity index (χ2v) is 7.79. The van der Waals surface area contributed by atoms with Crippen molar-refractivity contribution >= 4 is 50.5 Å². The Morgan fingerprint density at radius 1 is 1.28 bits per heavy atom. The molecule has 0 saturated heterocycles. The van der Waals surface area contributed by atoms with Gasteiger partial charge in [0.1, 0.15) is 17.6 Å². The number of furan rings is 1. The van der Waals surface area contributed by atoms with E-state index >= 15 is 0 Å². The van der Waals surface area contributed by atoms with Crippen LogP contribution >= 0.6 is 27.7 Å². The van der Waals surface area contributed by atoms with Crippen LogP contribution < -0.4 is 0 Å². The molecule has 9 heteroatoms. The van der Waals surface area contributed by atoms with E-state index in [1.807, 2.05) is 24.3 Å². The number of nitro benzene ring substituents is 1. The summed E-state index contributed by atoms with van der Waals surface area (Å²) in [5, 5.41) is 21.0. The molecule has 2 aromatic carbocycles. The molecule has 4 aromatic rings. The zero-order valence-corrected chi connectivity index (χ0v) is 17.0. The quantitative estimate of drug-likeness (QED) is 0.163. The van der Waals surface area contributed by atoms with Gasteiger partial charge in [-0.2, -0.15) is 5.26 Å². The van der Waals surface area contributed by atoms with Crippen LogP contribution in [0.1, 0.15) is 5.76 Å². The zero-order valence-electron chi connectivity index (χ0n) is 14.6. The summed E-state index contributed by atoms with van der Waals surface area (Å²) in [6, 6.07) is 17.7. The highest BCUT2D eigenvalue weighted by molar-refractivity contribution is 9.10. The van der Waals surface area contributed by atoms with E-state index in [1.165, 1.54) is 23.9 Å². The number of aromatic amines is 1. The third-order valence-corrected chi connectivity index (χ3v) is 5.49. The first kappa shape index (κ1) is 19.0. The van der Waals surface area contributed by atoms with Gasteiger partial charge in [-0.3, -0.25) is 10.1 Å². The maximum atomic E-state index is 10.9. The van der Waals surface area contributed by atoms with E-state index in [1.54, 1.807) is 24.3 Å². The molecule has 0 saturated carbocycles. The number of rotatable bonds is 5. The molecule has 0 spiro atoms. The summed E-state index contributed by atoms with van der Waals surface area (Å²) in [5.74, 6) is 1.02. The molecule has 142 valence electrons. The molecule has 0 aliphatic carbocycles. The van der Waals surface area contributed by atoms with Crippen molar-refractivity contribution in [1.82, 2.24) is 9.97 Å². The fraction of sp³-hybridized carbons (Fsp3) is 0. The molecule has 0 fully saturated rings. The normalized spacial score (nSPS) is 11.5. The van der Waals surface area contributed by atoms with E-state index in [4.69, 9.17) is 4.42 Å². The number of H-pyrrole nitrogens is 1. The summed E-state index contributed by atoms with van der Waals surface area (Å²) >= 11 is 4.55. The van der Waals surface area contributed by atoms with Gasteiger partial charge in [0.25, 0.3) is 5.69 Å². The number of thioether (sulfide) groups is 1. The first-order valence-electron chi connectivity index (χ1n) is 8.32. The Hall–Kier alpha value is -3.35. The average molecular weight is 467 g/mol. The lowest BCUT2D eigenvalue weighted by Gasteiger charge is -2.01. The van der Waals surface area contributed by atoms with Gasteiger partial charge >= 0.3 is 0 Å². The smallest absolute Gasteiger partial charge is 0.270 e. The molecule has 2 heterocycles. The van der Waals surface area contributed by atoms with Crippen molar-refractivity contribution in [1.29, 1.82) is 5.26 Å². The van der Waals surface area contributed by atoms with Gasteiger partial charge in [-0.25, -0.2) is 4.98 Å². The SMILES string of the molecule is N#C/C(=C\c1ccc(-c2ccc([N+](=O)[O-])cc2Br)o1)Sc1nc2ccccc2[nH]1. The van der Waals surface area contributed by atoms with Crippen LogP contribution in [0, 0.1) is 21.4 Å². The Morgan fingerprint density at radius 3 is 2.83 bits per heavy atom. The number of non-ortho nitro benzene ring substituents is 1. The van der Waals surface area contributed by atoms with Crippen molar-refractivity contribution in [3.8, 4) is 17.4 Å². The lowest BCUT2D eigenvalue weighted by Crippen LogP contribution is -1.88. The van der Waals surface area contributed by atoms with E-state index in [0.29, 0.717) is 31.6 Å². The molecule has 1 N–H and O–H groups in total. The number of hydrogen-bond acceptors (Lipinski definition) is 6. The summed E-state index contributed by atoms with van der Waals surface area (Å²) in [6.45, 7) is 0. The van der Waals surface area contributed by atoms with Gasteiger partial charge < -0.3 is 9.40 Å². The number of allylic oxidation sites excluding steroid dienone is 1. The standard InChI is InChI=1S/C20H11BrN4O3S/c21-16-9-12(25(26)27)5-7-15(16)19-8-6-13(28-19)10-14(11-22)29-20-23-17-3-1-2-4-18(17)24-20/h1-10H,(H,23,24)/b14-10+. The number of nitro groups is 1. The van der Waals surface area contributed by atoms with Crippen LogP contribution in [0.25, 0.3) is 28.4 Å². The van der Waals surface area contributed by atoms with Gasteiger partial charge in [0.15, 0.2) is 5.16 Å². The van der Waals surface area contributed by atoms with Crippen molar-refractivity contribution in [3.05, 3.63) is 79.8 Å². The number of fused-ring (bicyclic) bond motifs is 1. The number of nitrogens with zero attached hydrogens (tertiary/aromatic N) is 3. The molecular formula is C20H11BrN4O3S. The zero-order chi connectivity index (χ0) is 20.4. The molecule has 0 aliphatic heterocycles. The molecule has 2 aromatic heterocycles. The van der Waals surface area contributed by atoms with Crippen LogP contribution in [-0.4, -0.2) is 14.9 Å². The Morgan fingerprint density at radius 2 is 2.10 bits per heavy atom. The highest BCUT2D eigenvalue weighted by atomic mass is 79.9. The van der Waals surface area contributed by atoms with Crippen LogP contribution in [0.15, 0.2) is 73.5 Å². The van der Waals surface area contributed by atoms with Crippen molar-refractivity contribution in [2.24, 2.45) is 0 Å². The Bertz CT molecular complexity index is 1270. The summed E-state index contributed by atoms with van der Waals surface area (Å²) in [4.78, 5) is 18.5. The maximum Gasteiger partial charge on any atom is 0.270 e. The van der Waals surface area contributed by atoms with Crippen LogP contribution in [0.3, 0.4) is 0 Å². The highest BCUT2D eigenvalue weighted by Gasteiger charge is 2.13. The van der Waals surface area contributed by atoms with Gasteiger partial charge in [0.05, 0.1) is 20.9 Å². The summed E-state index contributed by atoms with van der Waals surface area (Å²) in [6.07, 6.45) is 1.63. The van der Waals surface area contributed by atoms with E-state index < -0.39 is 4.92 Å². The summed E-state index contributed by atoms with van der Waals surface area (Å²) < 4.78 is 6.36. The summed E-state index contributed by atoms with van der Waals surface area (Å²) in [7, 11) is 0. The predicted octanol–water partition coefficient (Wildman–Crippen LogP) is 6.15. The molecular weight excluding hydrogens is 456 g/mol. The molecule has 0 unspecified atom stereocenters. The Labute approximate surface area is 177 Å². The van der Waals surface area contributed by atoms with E-state index in [2.05, 4.69) is 32.0 Å². The first-order valence-corrected chi connectivity index (χ1v) is 9.93. The Balaban J connectivity index is 1.58. The largest absolute Gasteiger partial charge is 0.457 e. The topological polar surface area (TPSA) is 109 Å². The van der Waals surface area contributed by atoms with Crippen LogP contribution in [0.4, 0.5) is 5.69 Å². The van der Waals surface area contributed by atoms with Gasteiger partial charge in [-0.15, -0.1) is 0 Å². The number of hydrogen-bond donors (Lipinski definition) is 1. The van der Waals surface area contributed by atoms with Crippen molar-refractivity contribution in [3.63, 3.8) is 0 Å². The number of halogens is 1. The second kappa shape index (κ2) is 7.95. The van der Waals surface area contributed by atoms with Gasteiger partial charge in [-0.1, -0.05) is 12.1 Å². The van der Waals surface area contributed by atoms with Gasteiger partial charge in [0.2, 0.25) is 0 Å². The maximum absolute atomic E-state index is 10.9. The van der Waals surface area contributed by atoms with Crippen LogP contribution in [0.5, 0.6) is 0 Å². The minimum absolute atomic E-state index is 0.0127. The van der Waals surface area contributed by atoms with Crippen LogP contribution in [0.2, 0.25) is 0 Å². The van der Waals surface area contributed by atoms with Crippen molar-refractivity contribution in [2.75, 3.05) is 0 Å². The third-order valence-electron chi connectivity index (χ3n) is 4.01. The number of para-hydroxylation sites is 2. The number of nitrogens with one attached hydrogen (secondary N) is 1. The fourth-order valence-corrected chi connectivity index (χ4v) is 3.98. The number of benzene rings is 2. The van der Waals surface area contributed by atoms with Crippen molar-refractivity contribution in [2.45, 2.75) is 5.16 Å². The molecule has 0 atom stereocenters. The van der Waals surface area contributed by atoms with Gasteiger partial charge in [-0.05, 0) is 58.0 Å². The minimum Gasteiger partial charge on any atom is -0.457 e. The lowest BCUT2D eigenvalue weighted by molar-refractivity contribution is -0.384. The molecule has 0 amide bonds. The molecule has 7 nitrogen and oxygen atoms in total. The number of aromatic nitrogens is 2. The highest BCUT2D eigenvalue weighted by Crippen LogP contribution is 2.34. The molecule has 0 aliphatic rings. The second-order valence-electron chi connectivity index (χ2n) is 5.90. The minimum atomic E-state index is -0.459. The van der Waals surface area contributed by atoms with E-state index in [0.717, 1.165) is 11.0 Å². The van der Waals surface area contributed by atoms with Crippen molar-refractivity contribution < 1.29 is 9.34 Å². The molecule has 29 heavy (non-hydrogen) atoms.